The molecule has 0 heterocycles. The molecule has 0 saturated carbocycles. The summed E-state index contributed by atoms with van der Waals surface area (Å²) in [4.78, 5) is 14.9. The fourth-order valence-electron chi connectivity index (χ4n) is 1.56. The van der Waals surface area contributed by atoms with Gasteiger partial charge in [-0.1, -0.05) is 12.1 Å². The molecule has 0 aromatic heterocycles. The highest BCUT2D eigenvalue weighted by Crippen LogP contribution is 2.18. The first kappa shape index (κ1) is 16.8. The molecular weight excluding hydrogens is 285 g/mol. The van der Waals surface area contributed by atoms with Gasteiger partial charge in [-0.25, -0.2) is 0 Å². The van der Waals surface area contributed by atoms with Crippen molar-refractivity contribution in [1.29, 1.82) is 0 Å². The number of nitrogens with one attached hydrogen (secondary N) is 2. The van der Waals surface area contributed by atoms with Crippen molar-refractivity contribution in [3.63, 3.8) is 0 Å². The smallest absolute Gasteiger partial charge is 0.366 e. The summed E-state index contributed by atoms with van der Waals surface area (Å²) in [5.74, 6) is -0.284. The van der Waals surface area contributed by atoms with Crippen molar-refractivity contribution in [2.24, 2.45) is 10.7 Å². The van der Waals surface area contributed by atoms with Gasteiger partial charge in [-0.15, -0.1) is 0 Å². The lowest BCUT2D eigenvalue weighted by molar-refractivity contribution is -0.132. The van der Waals surface area contributed by atoms with Crippen molar-refractivity contribution in [3.05, 3.63) is 35.4 Å². The summed E-state index contributed by atoms with van der Waals surface area (Å²) in [5, 5.41) is 5.42. The molecule has 0 radical (unpaired) electrons. The first-order valence-electron chi connectivity index (χ1n) is 6.22. The number of nitrogens with two attached hydrogens (primary N) is 1. The molecule has 0 bridgehead atoms. The maximum atomic E-state index is 12.0. The maximum Gasteiger partial charge on any atom is 0.390 e. The van der Waals surface area contributed by atoms with Gasteiger partial charge < -0.3 is 16.4 Å². The molecule has 0 aliphatic heterocycles. The SMILES string of the molecule is CN=C(NCCC(F)(F)F)NCc1cccc(C(N)=O)c1. The van der Waals surface area contributed by atoms with Gasteiger partial charge in [0.25, 0.3) is 0 Å². The molecule has 5 nitrogen and oxygen atoms in total. The number of carbonyl (C=O) groups excluding carboxylic acids is 1. The van der Waals surface area contributed by atoms with E-state index in [-0.39, 0.29) is 12.5 Å². The van der Waals surface area contributed by atoms with Crippen LogP contribution in [0.2, 0.25) is 0 Å². The van der Waals surface area contributed by atoms with E-state index in [9.17, 15) is 18.0 Å². The second-order valence-corrected chi connectivity index (χ2v) is 4.28. The molecule has 4 N–H and O–H groups in total. The molecule has 1 amide bonds. The molecule has 0 saturated heterocycles. The molecule has 0 atom stereocenters. The van der Waals surface area contributed by atoms with Gasteiger partial charge in [-0.2, -0.15) is 13.2 Å². The second kappa shape index (κ2) is 7.51. The molecule has 8 heteroatoms. The zero-order valence-corrected chi connectivity index (χ0v) is 11.5. The van der Waals surface area contributed by atoms with Crippen LogP contribution in [0, 0.1) is 0 Å². The Bertz CT molecular complexity index is 514. The average Bonchev–Trinajstić information content (AvgIpc) is 2.41. The number of nitrogens with zero attached hydrogens (tertiary/aromatic N) is 1. The molecule has 1 aromatic rings. The van der Waals surface area contributed by atoms with Gasteiger partial charge in [0.1, 0.15) is 0 Å². The van der Waals surface area contributed by atoms with Gasteiger partial charge in [0, 0.05) is 25.7 Å². The normalized spacial score (nSPS) is 12.1. The summed E-state index contributed by atoms with van der Waals surface area (Å²) in [5.41, 5.74) is 6.31. The largest absolute Gasteiger partial charge is 0.390 e. The summed E-state index contributed by atoms with van der Waals surface area (Å²) in [6.07, 6.45) is -5.15. The lowest BCUT2D eigenvalue weighted by Gasteiger charge is -2.13. The minimum Gasteiger partial charge on any atom is -0.366 e. The van der Waals surface area contributed by atoms with Crippen LogP contribution in [-0.4, -0.2) is 31.6 Å². The highest BCUT2D eigenvalue weighted by atomic mass is 19.4. The number of hydrogen-bond donors (Lipinski definition) is 3. The summed E-state index contributed by atoms with van der Waals surface area (Å²) < 4.78 is 36.1. The number of benzene rings is 1. The number of rotatable bonds is 5. The zero-order chi connectivity index (χ0) is 15.9. The van der Waals surface area contributed by atoms with Crippen LogP contribution >= 0.6 is 0 Å². The van der Waals surface area contributed by atoms with Gasteiger partial charge in [0.15, 0.2) is 5.96 Å². The number of hydrogen-bond acceptors (Lipinski definition) is 2. The van der Waals surface area contributed by atoms with Crippen LogP contribution in [0.15, 0.2) is 29.3 Å². The number of amides is 1. The van der Waals surface area contributed by atoms with Crippen LogP contribution in [0.25, 0.3) is 0 Å². The predicted octanol–water partition coefficient (Wildman–Crippen LogP) is 1.40. The van der Waals surface area contributed by atoms with E-state index >= 15 is 0 Å². The topological polar surface area (TPSA) is 79.5 Å². The highest BCUT2D eigenvalue weighted by Gasteiger charge is 2.26. The van der Waals surface area contributed by atoms with Crippen molar-refractivity contribution < 1.29 is 18.0 Å². The molecule has 0 fully saturated rings. The van der Waals surface area contributed by atoms with Gasteiger partial charge in [0.2, 0.25) is 5.91 Å². The molecule has 1 aromatic carbocycles. The summed E-state index contributed by atoms with van der Waals surface area (Å²) in [6.45, 7) is 0.0529. The van der Waals surface area contributed by atoms with Crippen LogP contribution in [0.5, 0.6) is 0 Å². The Labute approximate surface area is 120 Å². The standard InChI is InChI=1S/C13H17F3N4O/c1-18-12(19-6-5-13(14,15)16)20-8-9-3-2-4-10(7-9)11(17)21/h2-4,7H,5-6,8H2,1H3,(H2,17,21)(H2,18,19,20). The first-order chi connectivity index (χ1) is 9.81. The summed E-state index contributed by atoms with van der Waals surface area (Å²) in [6, 6.07) is 6.64. The number of aliphatic imine (C=N–C) groups is 1. The van der Waals surface area contributed by atoms with Crippen molar-refractivity contribution in [2.75, 3.05) is 13.6 Å². The van der Waals surface area contributed by atoms with E-state index < -0.39 is 18.5 Å². The molecule has 0 spiro atoms. The number of halogens is 3. The molecule has 0 aliphatic carbocycles. The number of carbonyl (C=O) groups is 1. The van der Waals surface area contributed by atoms with E-state index in [1.54, 1.807) is 24.3 Å². The Morgan fingerprint density at radius 2 is 2.05 bits per heavy atom. The quantitative estimate of drug-likeness (QED) is 0.568. The number of alkyl halides is 3. The molecule has 116 valence electrons. The van der Waals surface area contributed by atoms with Crippen molar-refractivity contribution in [2.45, 2.75) is 19.1 Å². The maximum absolute atomic E-state index is 12.0. The Morgan fingerprint density at radius 3 is 2.62 bits per heavy atom. The lowest BCUT2D eigenvalue weighted by atomic mass is 10.1. The minimum atomic E-state index is -4.21. The van der Waals surface area contributed by atoms with Gasteiger partial charge in [0.05, 0.1) is 6.42 Å². The Morgan fingerprint density at radius 1 is 1.33 bits per heavy atom. The number of guanidine groups is 1. The molecule has 21 heavy (non-hydrogen) atoms. The van der Waals surface area contributed by atoms with Gasteiger partial charge >= 0.3 is 6.18 Å². The molecule has 0 unspecified atom stereocenters. The van der Waals surface area contributed by atoms with E-state index in [2.05, 4.69) is 15.6 Å². The van der Waals surface area contributed by atoms with Crippen LogP contribution in [0.4, 0.5) is 13.2 Å². The third-order valence-corrected chi connectivity index (χ3v) is 2.60. The minimum absolute atomic E-state index is 0.253. The fourth-order valence-corrected chi connectivity index (χ4v) is 1.56. The second-order valence-electron chi connectivity index (χ2n) is 4.28. The van der Waals surface area contributed by atoms with E-state index in [1.165, 1.54) is 7.05 Å². The predicted molar refractivity (Wildman–Crippen MR) is 73.8 cm³/mol. The van der Waals surface area contributed by atoms with E-state index in [0.29, 0.717) is 12.1 Å². The van der Waals surface area contributed by atoms with E-state index in [4.69, 9.17) is 5.73 Å². The van der Waals surface area contributed by atoms with Crippen molar-refractivity contribution in [1.82, 2.24) is 10.6 Å². The molecular formula is C13H17F3N4O. The zero-order valence-electron chi connectivity index (χ0n) is 11.5. The van der Waals surface area contributed by atoms with Crippen molar-refractivity contribution in [3.8, 4) is 0 Å². The Kier molecular flexibility index (Phi) is 6.01. The van der Waals surface area contributed by atoms with Gasteiger partial charge in [-0.3, -0.25) is 9.79 Å². The Balaban J connectivity index is 2.48. The third-order valence-electron chi connectivity index (χ3n) is 2.60. The summed E-state index contributed by atoms with van der Waals surface area (Å²) in [7, 11) is 1.46. The van der Waals surface area contributed by atoms with Crippen LogP contribution in [-0.2, 0) is 6.54 Å². The molecule has 0 aliphatic rings. The highest BCUT2D eigenvalue weighted by molar-refractivity contribution is 5.92. The van der Waals surface area contributed by atoms with Crippen LogP contribution in [0.3, 0.4) is 0 Å². The fraction of sp³-hybridized carbons (Fsp3) is 0.385. The summed E-state index contributed by atoms with van der Waals surface area (Å²) >= 11 is 0. The van der Waals surface area contributed by atoms with Crippen molar-refractivity contribution >= 4 is 11.9 Å². The van der Waals surface area contributed by atoms with E-state index in [0.717, 1.165) is 5.56 Å². The average molecular weight is 302 g/mol. The molecule has 1 rings (SSSR count). The van der Waals surface area contributed by atoms with Gasteiger partial charge in [-0.05, 0) is 17.7 Å². The lowest BCUT2D eigenvalue weighted by Crippen LogP contribution is -2.38. The third kappa shape index (κ3) is 6.64. The first-order valence-corrected chi connectivity index (χ1v) is 6.22. The van der Waals surface area contributed by atoms with Crippen LogP contribution in [0.1, 0.15) is 22.3 Å². The van der Waals surface area contributed by atoms with E-state index in [1.807, 2.05) is 0 Å². The number of primary amides is 1. The Hall–Kier alpha value is -2.25. The monoisotopic (exact) mass is 302 g/mol. The van der Waals surface area contributed by atoms with Crippen LogP contribution < -0.4 is 16.4 Å².